The number of imidazole rings is 2. The van der Waals surface area contributed by atoms with E-state index in [9.17, 15) is 9.18 Å². The van der Waals surface area contributed by atoms with Gasteiger partial charge in [0, 0.05) is 37.2 Å². The minimum Gasteiger partial charge on any atom is -0.378 e. The first-order chi connectivity index (χ1) is 16.7. The van der Waals surface area contributed by atoms with Crippen molar-refractivity contribution in [3.05, 3.63) is 66.3 Å². The zero-order chi connectivity index (χ0) is 24.7. The molecule has 1 fully saturated rings. The number of nitrogens with zero attached hydrogens (tertiary/aromatic N) is 5. The second-order valence-corrected chi connectivity index (χ2v) is 9.80. The third-order valence-corrected chi connectivity index (χ3v) is 6.28. The number of carbonyl (C=O) groups excluding carboxylic acids is 1. The van der Waals surface area contributed by atoms with Crippen molar-refractivity contribution in [3.63, 3.8) is 0 Å². The lowest BCUT2D eigenvalue weighted by atomic mass is 9.99. The number of halogens is 1. The van der Waals surface area contributed by atoms with Crippen molar-refractivity contribution in [1.29, 1.82) is 0 Å². The van der Waals surface area contributed by atoms with Gasteiger partial charge < -0.3 is 19.5 Å². The van der Waals surface area contributed by atoms with Crippen molar-refractivity contribution in [3.8, 4) is 11.1 Å². The van der Waals surface area contributed by atoms with Crippen LogP contribution >= 0.6 is 0 Å². The Balaban J connectivity index is 1.51. The van der Waals surface area contributed by atoms with Gasteiger partial charge in [0.05, 0.1) is 25.2 Å². The van der Waals surface area contributed by atoms with Crippen LogP contribution in [-0.2, 0) is 10.3 Å². The molecule has 9 heteroatoms. The fourth-order valence-electron chi connectivity index (χ4n) is 4.27. The molecule has 1 amide bonds. The van der Waals surface area contributed by atoms with E-state index in [-0.39, 0.29) is 16.9 Å². The molecule has 5 rings (SSSR count). The van der Waals surface area contributed by atoms with Crippen LogP contribution in [0.1, 0.15) is 36.8 Å². The second-order valence-electron chi connectivity index (χ2n) is 9.80. The Hall–Kier alpha value is -3.72. The molecule has 4 aromatic rings. The smallest absolute Gasteiger partial charge is 0.275 e. The Labute approximate surface area is 203 Å². The summed E-state index contributed by atoms with van der Waals surface area (Å²) in [5.41, 5.74) is 3.41. The van der Waals surface area contributed by atoms with Gasteiger partial charge in [0.1, 0.15) is 23.0 Å². The Morgan fingerprint density at radius 1 is 1.11 bits per heavy atom. The van der Waals surface area contributed by atoms with E-state index in [1.165, 1.54) is 6.07 Å². The summed E-state index contributed by atoms with van der Waals surface area (Å²) < 4.78 is 24.3. The highest BCUT2D eigenvalue weighted by Gasteiger charge is 2.20. The van der Waals surface area contributed by atoms with Gasteiger partial charge in [-0.1, -0.05) is 0 Å². The molecule has 0 spiro atoms. The number of ether oxygens (including phenoxy) is 1. The van der Waals surface area contributed by atoms with Crippen LogP contribution in [0, 0.1) is 12.7 Å². The molecule has 1 aromatic carbocycles. The average molecular weight is 477 g/mol. The van der Waals surface area contributed by atoms with Crippen LogP contribution < -0.4 is 10.2 Å². The van der Waals surface area contributed by atoms with Crippen LogP contribution in [-0.4, -0.2) is 51.1 Å². The molecule has 0 unspecified atom stereocenters. The number of carbonyl (C=O) groups is 1. The Kier molecular flexibility index (Phi) is 5.80. The number of morpholine rings is 1. The molecule has 8 nitrogen and oxygen atoms in total. The summed E-state index contributed by atoms with van der Waals surface area (Å²) in [4.78, 5) is 23.8. The maximum Gasteiger partial charge on any atom is 0.275 e. The highest BCUT2D eigenvalue weighted by molar-refractivity contribution is 6.03. The number of hydrogen-bond acceptors (Lipinski definition) is 5. The number of pyridine rings is 1. The molecule has 0 bridgehead atoms. The van der Waals surface area contributed by atoms with E-state index in [4.69, 9.17) is 4.74 Å². The molecule has 0 atom stereocenters. The molecule has 3 aromatic heterocycles. The van der Waals surface area contributed by atoms with Gasteiger partial charge in [0.2, 0.25) is 0 Å². The molecule has 182 valence electrons. The predicted molar refractivity (Wildman–Crippen MR) is 134 cm³/mol. The van der Waals surface area contributed by atoms with Crippen LogP contribution in [0.25, 0.3) is 16.8 Å². The molecule has 1 aliphatic rings. The fraction of sp³-hybridized carbons (Fsp3) is 0.346. The predicted octanol–water partition coefficient (Wildman–Crippen LogP) is 4.49. The first-order valence-corrected chi connectivity index (χ1v) is 11.7. The molecule has 0 radical (unpaired) electrons. The quantitative estimate of drug-likeness (QED) is 0.470. The maximum atomic E-state index is 14.9. The zero-order valence-corrected chi connectivity index (χ0v) is 20.4. The molecular weight excluding hydrogens is 447 g/mol. The summed E-state index contributed by atoms with van der Waals surface area (Å²) in [5, 5.41) is 2.70. The summed E-state index contributed by atoms with van der Waals surface area (Å²) in [5.74, 6) is 0.0462. The SMILES string of the molecule is Cc1cc(F)c(NC(=O)c2cn(C(C)(C)C)cn2)cc1-c1cc(N2CCOCC2)n2ccnc2c1. The van der Waals surface area contributed by atoms with Crippen LogP contribution in [0.5, 0.6) is 0 Å². The summed E-state index contributed by atoms with van der Waals surface area (Å²) in [6, 6.07) is 7.18. The van der Waals surface area contributed by atoms with Crippen molar-refractivity contribution in [2.75, 3.05) is 36.5 Å². The van der Waals surface area contributed by atoms with Crippen molar-refractivity contribution < 1.29 is 13.9 Å². The van der Waals surface area contributed by atoms with E-state index in [0.717, 1.165) is 41.2 Å². The Morgan fingerprint density at radius 2 is 1.89 bits per heavy atom. The lowest BCUT2D eigenvalue weighted by Gasteiger charge is -2.29. The third kappa shape index (κ3) is 4.51. The van der Waals surface area contributed by atoms with Gasteiger partial charge >= 0.3 is 0 Å². The minimum absolute atomic E-state index is 0.108. The van der Waals surface area contributed by atoms with Crippen molar-refractivity contribution in [2.24, 2.45) is 0 Å². The number of nitrogens with one attached hydrogen (secondary N) is 1. The second kappa shape index (κ2) is 8.81. The number of anilines is 2. The van der Waals surface area contributed by atoms with E-state index in [0.29, 0.717) is 13.2 Å². The number of hydrogen-bond donors (Lipinski definition) is 1. The third-order valence-electron chi connectivity index (χ3n) is 6.28. The van der Waals surface area contributed by atoms with E-state index in [2.05, 4.69) is 26.3 Å². The van der Waals surface area contributed by atoms with Gasteiger partial charge in [-0.3, -0.25) is 9.20 Å². The van der Waals surface area contributed by atoms with Gasteiger partial charge in [-0.25, -0.2) is 14.4 Å². The molecule has 4 heterocycles. The standard InChI is InChI=1S/C26H29FN6O2/c1-17-11-20(27)21(30-25(34)22-15-32(16-29-22)26(2,3)4)14-19(17)18-12-23-28-5-6-33(23)24(13-18)31-7-9-35-10-8-31/h5-6,11-16H,7-10H2,1-4H3,(H,30,34). The lowest BCUT2D eigenvalue weighted by Crippen LogP contribution is -2.37. The number of aryl methyl sites for hydroxylation is 1. The molecule has 1 N–H and O–H groups in total. The number of amides is 1. The van der Waals surface area contributed by atoms with Crippen LogP contribution in [0.15, 0.2) is 49.2 Å². The molecular formula is C26H29FN6O2. The highest BCUT2D eigenvalue weighted by Crippen LogP contribution is 2.33. The minimum atomic E-state index is -0.495. The number of benzene rings is 1. The van der Waals surface area contributed by atoms with E-state index in [1.807, 2.05) is 48.9 Å². The number of aromatic nitrogens is 4. The highest BCUT2D eigenvalue weighted by atomic mass is 19.1. The molecule has 35 heavy (non-hydrogen) atoms. The summed E-state index contributed by atoms with van der Waals surface area (Å²) in [6.45, 7) is 10.8. The number of fused-ring (bicyclic) bond motifs is 1. The first kappa shape index (κ1) is 23.0. The molecule has 0 aliphatic carbocycles. The van der Waals surface area contributed by atoms with Crippen molar-refractivity contribution in [1.82, 2.24) is 18.9 Å². The average Bonchev–Trinajstić information content (AvgIpc) is 3.50. The van der Waals surface area contributed by atoms with Crippen LogP contribution in [0.4, 0.5) is 15.9 Å². The monoisotopic (exact) mass is 476 g/mol. The summed E-state index contributed by atoms with van der Waals surface area (Å²) in [7, 11) is 0. The largest absolute Gasteiger partial charge is 0.378 e. The first-order valence-electron chi connectivity index (χ1n) is 11.7. The van der Waals surface area contributed by atoms with Gasteiger partial charge in [-0.05, 0) is 68.7 Å². The van der Waals surface area contributed by atoms with Gasteiger partial charge in [-0.15, -0.1) is 0 Å². The summed E-state index contributed by atoms with van der Waals surface area (Å²) in [6.07, 6.45) is 6.98. The van der Waals surface area contributed by atoms with Gasteiger partial charge in [-0.2, -0.15) is 0 Å². The summed E-state index contributed by atoms with van der Waals surface area (Å²) >= 11 is 0. The number of rotatable bonds is 4. The maximum absolute atomic E-state index is 14.9. The van der Waals surface area contributed by atoms with Crippen molar-refractivity contribution >= 4 is 23.1 Å². The Morgan fingerprint density at radius 3 is 2.60 bits per heavy atom. The van der Waals surface area contributed by atoms with Gasteiger partial charge in [0.25, 0.3) is 5.91 Å². The zero-order valence-electron chi connectivity index (χ0n) is 20.4. The van der Waals surface area contributed by atoms with Gasteiger partial charge in [0.15, 0.2) is 0 Å². The fourth-order valence-corrected chi connectivity index (χ4v) is 4.27. The Bertz CT molecular complexity index is 1390. The topological polar surface area (TPSA) is 76.7 Å². The van der Waals surface area contributed by atoms with Crippen LogP contribution in [0.2, 0.25) is 0 Å². The molecule has 1 aliphatic heterocycles. The lowest BCUT2D eigenvalue weighted by molar-refractivity contribution is 0.102. The van der Waals surface area contributed by atoms with E-state index >= 15 is 0 Å². The molecule has 1 saturated heterocycles. The van der Waals surface area contributed by atoms with E-state index < -0.39 is 11.7 Å². The normalized spacial score (nSPS) is 14.5. The van der Waals surface area contributed by atoms with Crippen molar-refractivity contribution in [2.45, 2.75) is 33.2 Å². The molecule has 0 saturated carbocycles. The van der Waals surface area contributed by atoms with Crippen LogP contribution in [0.3, 0.4) is 0 Å². The van der Waals surface area contributed by atoms with E-state index in [1.54, 1.807) is 24.8 Å².